The fourth-order valence-electron chi connectivity index (χ4n) is 3.17. The molecule has 1 aromatic heterocycles. The molecule has 0 bridgehead atoms. The van der Waals surface area contributed by atoms with Gasteiger partial charge in [-0.15, -0.1) is 0 Å². The lowest BCUT2D eigenvalue weighted by Gasteiger charge is -2.34. The van der Waals surface area contributed by atoms with E-state index < -0.39 is 0 Å². The predicted octanol–water partition coefficient (Wildman–Crippen LogP) is 2.47. The van der Waals surface area contributed by atoms with Gasteiger partial charge in [-0.1, -0.05) is 6.07 Å². The number of amides is 1. The smallest absolute Gasteiger partial charge is 0.246 e. The topological polar surface area (TPSA) is 64.1 Å². The molecule has 1 aliphatic rings. The van der Waals surface area contributed by atoms with Crippen LogP contribution in [0, 0.1) is 0 Å². The number of benzene rings is 1. The Hall–Kier alpha value is -3.22. The number of carbonyl (C=O) groups is 1. The molecule has 2 heterocycles. The number of piperazine rings is 1. The van der Waals surface area contributed by atoms with Crippen molar-refractivity contribution in [3.8, 4) is 17.2 Å². The third-order valence-corrected chi connectivity index (χ3v) is 4.67. The van der Waals surface area contributed by atoms with Crippen molar-refractivity contribution in [1.82, 2.24) is 9.88 Å². The van der Waals surface area contributed by atoms with Crippen molar-refractivity contribution in [3.05, 3.63) is 48.2 Å². The van der Waals surface area contributed by atoms with Crippen LogP contribution in [0.15, 0.2) is 42.6 Å². The molecule has 1 aliphatic heterocycles. The number of rotatable bonds is 6. The second kappa shape index (κ2) is 9.12. The maximum atomic E-state index is 12.6. The van der Waals surface area contributed by atoms with Crippen LogP contribution >= 0.6 is 0 Å². The number of ether oxygens (including phenoxy) is 3. The summed E-state index contributed by atoms with van der Waals surface area (Å²) < 4.78 is 16.0. The Kier molecular flexibility index (Phi) is 6.37. The number of methoxy groups -OCH3 is 3. The van der Waals surface area contributed by atoms with Crippen molar-refractivity contribution in [3.63, 3.8) is 0 Å². The third-order valence-electron chi connectivity index (χ3n) is 4.67. The average Bonchev–Trinajstić information content (AvgIpc) is 2.77. The summed E-state index contributed by atoms with van der Waals surface area (Å²) in [7, 11) is 4.69. The molecule has 1 saturated heterocycles. The summed E-state index contributed by atoms with van der Waals surface area (Å²) in [6, 6.07) is 9.48. The number of nitrogens with zero attached hydrogens (tertiary/aromatic N) is 3. The van der Waals surface area contributed by atoms with E-state index in [1.807, 2.05) is 35.2 Å². The zero-order chi connectivity index (χ0) is 19.9. The van der Waals surface area contributed by atoms with E-state index in [1.165, 1.54) is 0 Å². The van der Waals surface area contributed by atoms with Gasteiger partial charge in [-0.25, -0.2) is 4.98 Å². The minimum Gasteiger partial charge on any atom is -0.493 e. The van der Waals surface area contributed by atoms with Crippen LogP contribution in [0.25, 0.3) is 6.08 Å². The van der Waals surface area contributed by atoms with Gasteiger partial charge in [0.1, 0.15) is 5.82 Å². The molecule has 1 amide bonds. The van der Waals surface area contributed by atoms with E-state index in [0.29, 0.717) is 30.3 Å². The lowest BCUT2D eigenvalue weighted by atomic mass is 10.1. The van der Waals surface area contributed by atoms with Gasteiger partial charge in [-0.05, 0) is 35.9 Å². The molecule has 2 aromatic rings. The summed E-state index contributed by atoms with van der Waals surface area (Å²) in [5, 5.41) is 0. The Labute approximate surface area is 165 Å². The highest BCUT2D eigenvalue weighted by molar-refractivity contribution is 5.92. The van der Waals surface area contributed by atoms with Gasteiger partial charge in [-0.2, -0.15) is 0 Å². The highest BCUT2D eigenvalue weighted by atomic mass is 16.5. The van der Waals surface area contributed by atoms with Crippen molar-refractivity contribution < 1.29 is 19.0 Å². The molecule has 7 heteroatoms. The number of pyridine rings is 1. The van der Waals surface area contributed by atoms with E-state index in [1.54, 1.807) is 39.7 Å². The Morgan fingerprint density at radius 1 is 1.00 bits per heavy atom. The van der Waals surface area contributed by atoms with Gasteiger partial charge in [-0.3, -0.25) is 4.79 Å². The quantitative estimate of drug-likeness (QED) is 0.714. The molecule has 0 atom stereocenters. The molecule has 0 spiro atoms. The van der Waals surface area contributed by atoms with Gasteiger partial charge in [0.05, 0.1) is 21.3 Å². The Morgan fingerprint density at radius 2 is 1.68 bits per heavy atom. The normalized spacial score (nSPS) is 14.2. The summed E-state index contributed by atoms with van der Waals surface area (Å²) in [5.41, 5.74) is 0.801. The van der Waals surface area contributed by atoms with Gasteiger partial charge in [0, 0.05) is 38.5 Å². The minimum atomic E-state index is -0.0191. The van der Waals surface area contributed by atoms with E-state index in [2.05, 4.69) is 9.88 Å². The van der Waals surface area contributed by atoms with Crippen molar-refractivity contribution in [2.45, 2.75) is 0 Å². The molecule has 0 N–H and O–H groups in total. The number of carbonyl (C=O) groups excluding carboxylic acids is 1. The second-order valence-corrected chi connectivity index (χ2v) is 6.29. The summed E-state index contributed by atoms with van der Waals surface area (Å²) in [5.74, 6) is 2.56. The van der Waals surface area contributed by atoms with E-state index in [4.69, 9.17) is 14.2 Å². The van der Waals surface area contributed by atoms with E-state index in [-0.39, 0.29) is 5.91 Å². The average molecular weight is 383 g/mol. The zero-order valence-electron chi connectivity index (χ0n) is 16.4. The lowest BCUT2D eigenvalue weighted by Crippen LogP contribution is -2.48. The number of aromatic nitrogens is 1. The van der Waals surface area contributed by atoms with E-state index in [0.717, 1.165) is 24.5 Å². The Morgan fingerprint density at radius 3 is 2.21 bits per heavy atom. The first-order chi connectivity index (χ1) is 13.7. The first kappa shape index (κ1) is 19.5. The molecule has 148 valence electrons. The van der Waals surface area contributed by atoms with E-state index >= 15 is 0 Å². The monoisotopic (exact) mass is 383 g/mol. The maximum absolute atomic E-state index is 12.6. The summed E-state index contributed by atoms with van der Waals surface area (Å²) >= 11 is 0. The van der Waals surface area contributed by atoms with Crippen molar-refractivity contribution in [2.75, 3.05) is 52.4 Å². The SMILES string of the molecule is COc1cc(/C=C/C(=O)N2CCN(c3ccccn3)CC2)cc(OC)c1OC. The van der Waals surface area contributed by atoms with Crippen molar-refractivity contribution >= 4 is 17.8 Å². The molecule has 0 radical (unpaired) electrons. The van der Waals surface area contributed by atoms with Crippen LogP contribution in [0.5, 0.6) is 17.2 Å². The molecule has 1 fully saturated rings. The van der Waals surface area contributed by atoms with Gasteiger partial charge in [0.15, 0.2) is 11.5 Å². The highest BCUT2D eigenvalue weighted by Gasteiger charge is 2.20. The fourth-order valence-corrected chi connectivity index (χ4v) is 3.17. The number of hydrogen-bond acceptors (Lipinski definition) is 6. The van der Waals surface area contributed by atoms with Crippen molar-refractivity contribution in [1.29, 1.82) is 0 Å². The third kappa shape index (κ3) is 4.36. The van der Waals surface area contributed by atoms with Gasteiger partial charge >= 0.3 is 0 Å². The summed E-state index contributed by atoms with van der Waals surface area (Å²) in [4.78, 5) is 21.0. The summed E-state index contributed by atoms with van der Waals surface area (Å²) in [6.45, 7) is 2.85. The second-order valence-electron chi connectivity index (χ2n) is 6.29. The van der Waals surface area contributed by atoms with Crippen LogP contribution in [0.4, 0.5) is 5.82 Å². The largest absolute Gasteiger partial charge is 0.493 e. The Balaban J connectivity index is 1.64. The first-order valence-corrected chi connectivity index (χ1v) is 9.09. The molecule has 3 rings (SSSR count). The molecule has 0 unspecified atom stereocenters. The first-order valence-electron chi connectivity index (χ1n) is 9.09. The molecule has 0 aliphatic carbocycles. The standard InChI is InChI=1S/C21H25N3O4/c1-26-17-14-16(15-18(27-2)21(17)28-3)7-8-20(25)24-12-10-23(11-13-24)19-6-4-5-9-22-19/h4-9,14-15H,10-13H2,1-3H3/b8-7+. The molecule has 0 saturated carbocycles. The maximum Gasteiger partial charge on any atom is 0.246 e. The van der Waals surface area contributed by atoms with Crippen LogP contribution in [0.1, 0.15) is 5.56 Å². The number of anilines is 1. The zero-order valence-corrected chi connectivity index (χ0v) is 16.4. The van der Waals surface area contributed by atoms with Crippen LogP contribution in [-0.2, 0) is 4.79 Å². The summed E-state index contributed by atoms with van der Waals surface area (Å²) in [6.07, 6.45) is 5.13. The van der Waals surface area contributed by atoms with Crippen molar-refractivity contribution in [2.24, 2.45) is 0 Å². The fraction of sp³-hybridized carbons (Fsp3) is 0.333. The Bertz CT molecular complexity index is 806. The predicted molar refractivity (Wildman–Crippen MR) is 108 cm³/mol. The van der Waals surface area contributed by atoms with Gasteiger partial charge < -0.3 is 24.0 Å². The molecular formula is C21H25N3O4. The van der Waals surface area contributed by atoms with Crippen LogP contribution in [0.3, 0.4) is 0 Å². The van der Waals surface area contributed by atoms with E-state index in [9.17, 15) is 4.79 Å². The van der Waals surface area contributed by atoms with Crippen LogP contribution in [0.2, 0.25) is 0 Å². The van der Waals surface area contributed by atoms with Gasteiger partial charge in [0.25, 0.3) is 0 Å². The molecule has 7 nitrogen and oxygen atoms in total. The van der Waals surface area contributed by atoms with Crippen LogP contribution < -0.4 is 19.1 Å². The lowest BCUT2D eigenvalue weighted by molar-refractivity contribution is -0.126. The van der Waals surface area contributed by atoms with Gasteiger partial charge in [0.2, 0.25) is 11.7 Å². The molecule has 28 heavy (non-hydrogen) atoms. The van der Waals surface area contributed by atoms with Crippen LogP contribution in [-0.4, -0.2) is 63.3 Å². The minimum absolute atomic E-state index is 0.0191. The highest BCUT2D eigenvalue weighted by Crippen LogP contribution is 2.38. The molecular weight excluding hydrogens is 358 g/mol. The molecule has 1 aromatic carbocycles. The number of hydrogen-bond donors (Lipinski definition) is 0.